The maximum atomic E-state index is 12.7. The molecule has 1 aliphatic heterocycles. The summed E-state index contributed by atoms with van der Waals surface area (Å²) < 4.78 is 11.4. The quantitative estimate of drug-likeness (QED) is 0.294. The zero-order chi connectivity index (χ0) is 21.3. The van der Waals surface area contributed by atoms with Crippen molar-refractivity contribution >= 4 is 46.3 Å². The van der Waals surface area contributed by atoms with Crippen molar-refractivity contribution in [2.75, 3.05) is 13.2 Å². The molecule has 1 aliphatic rings. The topological polar surface area (TPSA) is 55.8 Å². The second-order valence-electron chi connectivity index (χ2n) is 6.64. The Morgan fingerprint density at radius 1 is 1.13 bits per heavy atom. The maximum Gasteiger partial charge on any atom is 0.305 e. The third-order valence-electron chi connectivity index (χ3n) is 4.24. The molecule has 156 valence electrons. The van der Waals surface area contributed by atoms with E-state index in [0.717, 1.165) is 17.7 Å². The summed E-state index contributed by atoms with van der Waals surface area (Å²) in [5.74, 6) is 1.06. The van der Waals surface area contributed by atoms with Gasteiger partial charge in [0.1, 0.15) is 15.8 Å². The van der Waals surface area contributed by atoms with Gasteiger partial charge in [-0.2, -0.15) is 0 Å². The molecule has 0 atom stereocenters. The van der Waals surface area contributed by atoms with Gasteiger partial charge in [0.25, 0.3) is 5.91 Å². The Balaban J connectivity index is 1.61. The summed E-state index contributed by atoms with van der Waals surface area (Å²) in [6.07, 6.45) is 3.40. The zero-order valence-corrected chi connectivity index (χ0v) is 18.3. The molecule has 0 aliphatic carbocycles. The van der Waals surface area contributed by atoms with Crippen molar-refractivity contribution < 1.29 is 19.1 Å². The van der Waals surface area contributed by atoms with Crippen molar-refractivity contribution in [1.82, 2.24) is 4.90 Å². The highest BCUT2D eigenvalue weighted by molar-refractivity contribution is 8.26. The van der Waals surface area contributed by atoms with Crippen LogP contribution in [0.3, 0.4) is 0 Å². The Kier molecular flexibility index (Phi) is 8.04. The van der Waals surface area contributed by atoms with Crippen LogP contribution < -0.4 is 4.74 Å². The highest BCUT2D eigenvalue weighted by Crippen LogP contribution is 2.33. The molecule has 1 heterocycles. The number of thiocarbonyl (C=S) groups is 1. The zero-order valence-electron chi connectivity index (χ0n) is 16.7. The summed E-state index contributed by atoms with van der Waals surface area (Å²) in [6, 6.07) is 17.1. The van der Waals surface area contributed by atoms with Gasteiger partial charge in [-0.25, -0.2) is 0 Å². The summed E-state index contributed by atoms with van der Waals surface area (Å²) in [7, 11) is 0. The lowest BCUT2D eigenvalue weighted by Crippen LogP contribution is -2.29. The monoisotopic (exact) mass is 441 g/mol. The van der Waals surface area contributed by atoms with Crippen molar-refractivity contribution in [3.05, 3.63) is 65.1 Å². The molecule has 30 heavy (non-hydrogen) atoms. The van der Waals surface area contributed by atoms with Crippen molar-refractivity contribution in [3.8, 4) is 11.5 Å². The highest BCUT2D eigenvalue weighted by atomic mass is 32.2. The number of ether oxygens (including phenoxy) is 2. The number of hydrogen-bond acceptors (Lipinski definition) is 6. The molecule has 1 saturated heterocycles. The van der Waals surface area contributed by atoms with Gasteiger partial charge in [-0.05, 0) is 48.7 Å². The van der Waals surface area contributed by atoms with E-state index in [1.54, 1.807) is 4.90 Å². The van der Waals surface area contributed by atoms with Crippen LogP contribution in [0.1, 0.15) is 31.7 Å². The molecule has 0 spiro atoms. The smallest absolute Gasteiger partial charge is 0.305 e. The van der Waals surface area contributed by atoms with Crippen LogP contribution in [0.5, 0.6) is 11.5 Å². The molecule has 2 aromatic carbocycles. The molecular formula is C23H23NO4S2. The second-order valence-corrected chi connectivity index (χ2v) is 8.32. The predicted octanol–water partition coefficient (Wildman–Crippen LogP) is 5.41. The molecule has 0 N–H and O–H groups in total. The third kappa shape index (κ3) is 6.18. The third-order valence-corrected chi connectivity index (χ3v) is 5.62. The normalized spacial score (nSPS) is 15.0. The summed E-state index contributed by atoms with van der Waals surface area (Å²) in [5.41, 5.74) is 0.854. The molecule has 3 rings (SSSR count). The molecule has 0 aromatic heterocycles. The van der Waals surface area contributed by atoms with Crippen molar-refractivity contribution in [3.63, 3.8) is 0 Å². The van der Waals surface area contributed by atoms with Gasteiger partial charge in [0.15, 0.2) is 0 Å². The number of amides is 1. The summed E-state index contributed by atoms with van der Waals surface area (Å²) in [5, 5.41) is 0. The molecule has 5 nitrogen and oxygen atoms in total. The molecule has 7 heteroatoms. The predicted molar refractivity (Wildman–Crippen MR) is 123 cm³/mol. The molecular weight excluding hydrogens is 418 g/mol. The maximum absolute atomic E-state index is 12.7. The Labute approximate surface area is 186 Å². The minimum Gasteiger partial charge on any atom is -0.466 e. The highest BCUT2D eigenvalue weighted by Gasteiger charge is 2.31. The van der Waals surface area contributed by atoms with Gasteiger partial charge in [-0.15, -0.1) is 0 Å². The first kappa shape index (κ1) is 22.1. The van der Waals surface area contributed by atoms with E-state index in [1.807, 2.05) is 67.6 Å². The van der Waals surface area contributed by atoms with Gasteiger partial charge in [0.05, 0.1) is 11.5 Å². The van der Waals surface area contributed by atoms with Crippen molar-refractivity contribution in [2.45, 2.75) is 26.2 Å². The fourth-order valence-corrected chi connectivity index (χ4v) is 4.11. The molecule has 2 aromatic rings. The van der Waals surface area contributed by atoms with Crippen LogP contribution in [-0.2, 0) is 14.3 Å². The Hall–Kier alpha value is -2.64. The van der Waals surface area contributed by atoms with Crippen LogP contribution in [0.25, 0.3) is 6.08 Å². The van der Waals surface area contributed by atoms with Crippen molar-refractivity contribution in [1.29, 1.82) is 0 Å². The number of thioether (sulfide) groups is 1. The molecule has 1 fully saturated rings. The average Bonchev–Trinajstić information content (AvgIpc) is 3.00. The van der Waals surface area contributed by atoms with E-state index < -0.39 is 0 Å². The van der Waals surface area contributed by atoms with Crippen LogP contribution in [0.2, 0.25) is 0 Å². The number of rotatable bonds is 9. The van der Waals surface area contributed by atoms with Crippen LogP contribution in [-0.4, -0.2) is 34.2 Å². The Morgan fingerprint density at radius 3 is 2.67 bits per heavy atom. The molecule has 0 bridgehead atoms. The van der Waals surface area contributed by atoms with E-state index in [-0.39, 0.29) is 18.3 Å². The van der Waals surface area contributed by atoms with E-state index in [9.17, 15) is 9.59 Å². The molecule has 0 unspecified atom stereocenters. The number of carbonyl (C=O) groups excluding carboxylic acids is 2. The van der Waals surface area contributed by atoms with E-state index in [4.69, 9.17) is 21.7 Å². The largest absolute Gasteiger partial charge is 0.466 e. The van der Waals surface area contributed by atoms with E-state index in [2.05, 4.69) is 0 Å². The van der Waals surface area contributed by atoms with E-state index in [0.29, 0.717) is 34.5 Å². The fraction of sp³-hybridized carbons (Fsp3) is 0.261. The number of benzene rings is 2. The first-order valence-electron chi connectivity index (χ1n) is 9.81. The van der Waals surface area contributed by atoms with Crippen LogP contribution in [0, 0.1) is 0 Å². The fourth-order valence-electron chi connectivity index (χ4n) is 2.81. The van der Waals surface area contributed by atoms with Gasteiger partial charge >= 0.3 is 5.97 Å². The first-order chi connectivity index (χ1) is 14.6. The van der Waals surface area contributed by atoms with Crippen LogP contribution in [0.15, 0.2) is 59.5 Å². The van der Waals surface area contributed by atoms with E-state index in [1.165, 1.54) is 11.8 Å². The summed E-state index contributed by atoms with van der Waals surface area (Å²) in [6.45, 7) is 2.78. The average molecular weight is 442 g/mol. The molecule has 1 amide bonds. The summed E-state index contributed by atoms with van der Waals surface area (Å²) >= 11 is 6.63. The number of nitrogens with zero attached hydrogens (tertiary/aromatic N) is 1. The van der Waals surface area contributed by atoms with E-state index >= 15 is 0 Å². The van der Waals surface area contributed by atoms with Gasteiger partial charge in [0.2, 0.25) is 0 Å². The Bertz CT molecular complexity index is 943. The lowest BCUT2D eigenvalue weighted by atomic mass is 10.2. The lowest BCUT2D eigenvalue weighted by molar-refractivity contribution is -0.144. The second kappa shape index (κ2) is 10.9. The number of hydrogen-bond donors (Lipinski definition) is 0. The standard InChI is InChI=1S/C23H23NO4S2/c1-2-14-27-21(25)12-7-13-24-22(26)20(30-23(24)29)16-17-8-6-11-19(15-17)28-18-9-4-3-5-10-18/h3-6,8-11,15-16H,2,7,12-14H2,1H3/b20-16+. The van der Waals surface area contributed by atoms with Gasteiger partial charge < -0.3 is 9.47 Å². The first-order valence-corrected chi connectivity index (χ1v) is 11.0. The summed E-state index contributed by atoms with van der Waals surface area (Å²) in [4.78, 5) is 26.5. The Morgan fingerprint density at radius 2 is 1.90 bits per heavy atom. The minimum absolute atomic E-state index is 0.138. The van der Waals surface area contributed by atoms with Gasteiger partial charge in [0, 0.05) is 13.0 Å². The van der Waals surface area contributed by atoms with Crippen molar-refractivity contribution in [2.24, 2.45) is 0 Å². The van der Waals surface area contributed by atoms with Crippen LogP contribution in [0.4, 0.5) is 0 Å². The minimum atomic E-state index is -0.243. The van der Waals surface area contributed by atoms with Gasteiger partial charge in [-0.3, -0.25) is 14.5 Å². The number of para-hydroxylation sites is 1. The SMILES string of the molecule is CCCOC(=O)CCCN1C(=O)/C(=C\c2cccc(Oc3ccccc3)c2)SC1=S. The molecule has 0 radical (unpaired) electrons. The lowest BCUT2D eigenvalue weighted by Gasteiger charge is -2.13. The molecule has 0 saturated carbocycles. The number of esters is 1. The van der Waals surface area contributed by atoms with Crippen LogP contribution >= 0.6 is 24.0 Å². The number of carbonyl (C=O) groups is 2. The van der Waals surface area contributed by atoms with Gasteiger partial charge in [-0.1, -0.05) is 61.2 Å².